The number of carbonyl (C=O) groups is 2. The predicted molar refractivity (Wildman–Crippen MR) is 77.2 cm³/mol. The van der Waals surface area contributed by atoms with E-state index in [2.05, 4.69) is 9.46 Å². The molecule has 0 bridgehead atoms. The SMILES string of the molecule is CCOC(=O)CS(=O)(=O)Nc1ccc(C=CC(=O)O)cc1. The molecular weight excluding hydrogens is 298 g/mol. The molecule has 0 spiro atoms. The molecule has 1 aromatic carbocycles. The number of hydrogen-bond acceptors (Lipinski definition) is 5. The summed E-state index contributed by atoms with van der Waals surface area (Å²) in [6.45, 7) is 1.69. The second-order valence-corrected chi connectivity index (χ2v) is 5.68. The van der Waals surface area contributed by atoms with Gasteiger partial charge in [-0.1, -0.05) is 12.1 Å². The monoisotopic (exact) mass is 313 g/mol. The van der Waals surface area contributed by atoms with Crippen molar-refractivity contribution >= 4 is 33.7 Å². The minimum absolute atomic E-state index is 0.110. The lowest BCUT2D eigenvalue weighted by molar-refractivity contribution is -0.140. The lowest BCUT2D eigenvalue weighted by Crippen LogP contribution is -2.24. The Labute approximate surface area is 122 Å². The van der Waals surface area contributed by atoms with Crippen LogP contribution >= 0.6 is 0 Å². The molecular formula is C13H15NO6S. The van der Waals surface area contributed by atoms with Gasteiger partial charge in [0, 0.05) is 11.8 Å². The Balaban J connectivity index is 2.70. The first-order chi connectivity index (χ1) is 9.82. The zero-order chi connectivity index (χ0) is 15.9. The van der Waals surface area contributed by atoms with Gasteiger partial charge in [0.15, 0.2) is 5.75 Å². The molecule has 0 saturated heterocycles. The summed E-state index contributed by atoms with van der Waals surface area (Å²) in [5.74, 6) is -2.66. The van der Waals surface area contributed by atoms with E-state index in [0.29, 0.717) is 5.56 Å². The minimum atomic E-state index is -3.83. The average Bonchev–Trinajstić information content (AvgIpc) is 2.37. The maximum absolute atomic E-state index is 11.7. The second kappa shape index (κ2) is 7.44. The summed E-state index contributed by atoms with van der Waals surface area (Å²) >= 11 is 0. The number of ether oxygens (including phenoxy) is 1. The predicted octanol–water partition coefficient (Wildman–Crippen LogP) is 1.09. The molecule has 0 heterocycles. The first-order valence-corrected chi connectivity index (χ1v) is 7.65. The van der Waals surface area contributed by atoms with E-state index in [-0.39, 0.29) is 12.3 Å². The van der Waals surface area contributed by atoms with Gasteiger partial charge in [-0.05, 0) is 30.7 Å². The number of rotatable bonds is 7. The Morgan fingerprint density at radius 1 is 1.29 bits per heavy atom. The van der Waals surface area contributed by atoms with Gasteiger partial charge >= 0.3 is 11.9 Å². The third-order valence-corrected chi connectivity index (χ3v) is 3.38. The van der Waals surface area contributed by atoms with Gasteiger partial charge in [0.1, 0.15) is 0 Å². The van der Waals surface area contributed by atoms with E-state index in [0.717, 1.165) is 6.08 Å². The van der Waals surface area contributed by atoms with Crippen molar-refractivity contribution in [3.05, 3.63) is 35.9 Å². The third kappa shape index (κ3) is 6.57. The molecule has 0 atom stereocenters. The normalized spacial score (nSPS) is 11.3. The number of aliphatic carboxylic acids is 1. The maximum Gasteiger partial charge on any atom is 0.328 e. The first-order valence-electron chi connectivity index (χ1n) is 5.99. The van der Waals surface area contributed by atoms with Crippen LogP contribution in [-0.2, 0) is 24.3 Å². The number of esters is 1. The van der Waals surface area contributed by atoms with Gasteiger partial charge in [-0.2, -0.15) is 0 Å². The van der Waals surface area contributed by atoms with Crippen LogP contribution in [0.25, 0.3) is 6.08 Å². The van der Waals surface area contributed by atoms with Crippen LogP contribution in [0.15, 0.2) is 30.3 Å². The van der Waals surface area contributed by atoms with Crippen molar-refractivity contribution in [1.82, 2.24) is 0 Å². The Bertz CT molecular complexity index is 633. The lowest BCUT2D eigenvalue weighted by atomic mass is 10.2. The molecule has 0 aliphatic carbocycles. The smallest absolute Gasteiger partial charge is 0.328 e. The number of anilines is 1. The number of carboxylic acid groups (broad SMARTS) is 1. The van der Waals surface area contributed by atoms with E-state index in [1.807, 2.05) is 0 Å². The van der Waals surface area contributed by atoms with Gasteiger partial charge in [-0.3, -0.25) is 9.52 Å². The highest BCUT2D eigenvalue weighted by Gasteiger charge is 2.17. The lowest BCUT2D eigenvalue weighted by Gasteiger charge is -2.07. The van der Waals surface area contributed by atoms with Gasteiger partial charge in [-0.15, -0.1) is 0 Å². The summed E-state index contributed by atoms with van der Waals surface area (Å²) in [5.41, 5.74) is 0.873. The van der Waals surface area contributed by atoms with Gasteiger partial charge in [-0.25, -0.2) is 13.2 Å². The molecule has 8 heteroatoms. The molecule has 1 aromatic rings. The molecule has 114 valence electrons. The summed E-state index contributed by atoms with van der Waals surface area (Å²) in [4.78, 5) is 21.5. The van der Waals surface area contributed by atoms with Gasteiger partial charge in [0.2, 0.25) is 10.0 Å². The summed E-state index contributed by atoms with van der Waals surface area (Å²) < 4.78 is 30.2. The molecule has 0 radical (unpaired) electrons. The van der Waals surface area contributed by atoms with Crippen LogP contribution in [-0.4, -0.2) is 37.8 Å². The fourth-order valence-electron chi connectivity index (χ4n) is 1.40. The quantitative estimate of drug-likeness (QED) is 0.576. The molecule has 7 nitrogen and oxygen atoms in total. The molecule has 1 rings (SSSR count). The van der Waals surface area contributed by atoms with E-state index in [9.17, 15) is 18.0 Å². The number of sulfonamides is 1. The van der Waals surface area contributed by atoms with Crippen LogP contribution < -0.4 is 4.72 Å². The molecule has 21 heavy (non-hydrogen) atoms. The molecule has 2 N–H and O–H groups in total. The Morgan fingerprint density at radius 2 is 1.90 bits per heavy atom. The first kappa shape index (κ1) is 16.7. The summed E-state index contributed by atoms with van der Waals surface area (Å²) in [7, 11) is -3.83. The summed E-state index contributed by atoms with van der Waals surface area (Å²) in [6, 6.07) is 6.01. The number of hydrogen-bond donors (Lipinski definition) is 2. The van der Waals surface area contributed by atoms with E-state index in [4.69, 9.17) is 5.11 Å². The third-order valence-electron chi connectivity index (χ3n) is 2.22. The number of carboxylic acids is 1. The average molecular weight is 313 g/mol. The van der Waals surface area contributed by atoms with Crippen molar-refractivity contribution < 1.29 is 27.9 Å². The van der Waals surface area contributed by atoms with E-state index >= 15 is 0 Å². The number of carbonyl (C=O) groups excluding carboxylic acids is 1. The Kier molecular flexibility index (Phi) is 5.92. The molecule has 0 aromatic heterocycles. The highest BCUT2D eigenvalue weighted by Crippen LogP contribution is 2.12. The Hall–Kier alpha value is -2.35. The topological polar surface area (TPSA) is 110 Å². The van der Waals surface area contributed by atoms with E-state index < -0.39 is 27.7 Å². The van der Waals surface area contributed by atoms with Crippen LogP contribution in [0.4, 0.5) is 5.69 Å². The van der Waals surface area contributed by atoms with Crippen molar-refractivity contribution in [2.24, 2.45) is 0 Å². The fourth-order valence-corrected chi connectivity index (χ4v) is 2.36. The van der Waals surface area contributed by atoms with Gasteiger partial charge in [0.25, 0.3) is 0 Å². The van der Waals surface area contributed by atoms with Crippen molar-refractivity contribution in [3.63, 3.8) is 0 Å². The highest BCUT2D eigenvalue weighted by molar-refractivity contribution is 7.93. The van der Waals surface area contributed by atoms with Crippen LogP contribution in [0, 0.1) is 0 Å². The second-order valence-electron chi connectivity index (χ2n) is 3.96. The largest absolute Gasteiger partial charge is 0.478 e. The fraction of sp³-hybridized carbons (Fsp3) is 0.231. The Morgan fingerprint density at radius 3 is 2.43 bits per heavy atom. The van der Waals surface area contributed by atoms with Crippen molar-refractivity contribution in [1.29, 1.82) is 0 Å². The van der Waals surface area contributed by atoms with Crippen LogP contribution in [0.1, 0.15) is 12.5 Å². The number of nitrogens with one attached hydrogen (secondary N) is 1. The summed E-state index contributed by atoms with van der Waals surface area (Å²) in [5, 5.41) is 8.49. The van der Waals surface area contributed by atoms with Gasteiger partial charge in [0.05, 0.1) is 6.61 Å². The van der Waals surface area contributed by atoms with Crippen LogP contribution in [0.5, 0.6) is 0 Å². The molecule has 0 aliphatic rings. The zero-order valence-corrected chi connectivity index (χ0v) is 12.1. The zero-order valence-electron chi connectivity index (χ0n) is 11.3. The van der Waals surface area contributed by atoms with E-state index in [1.165, 1.54) is 18.2 Å². The molecule has 0 fully saturated rings. The standard InChI is InChI=1S/C13H15NO6S/c1-2-20-13(17)9-21(18,19)14-11-6-3-10(4-7-11)5-8-12(15)16/h3-8,14H,2,9H2,1H3,(H,15,16). The summed E-state index contributed by atoms with van der Waals surface area (Å²) in [6.07, 6.45) is 2.35. The van der Waals surface area contributed by atoms with E-state index in [1.54, 1.807) is 19.1 Å². The van der Waals surface area contributed by atoms with Crippen molar-refractivity contribution in [3.8, 4) is 0 Å². The highest BCUT2D eigenvalue weighted by atomic mass is 32.2. The minimum Gasteiger partial charge on any atom is -0.478 e. The molecule has 0 unspecified atom stereocenters. The van der Waals surface area contributed by atoms with Gasteiger partial charge < -0.3 is 9.84 Å². The van der Waals surface area contributed by atoms with Crippen LogP contribution in [0.3, 0.4) is 0 Å². The maximum atomic E-state index is 11.7. The molecule has 0 saturated carbocycles. The van der Waals surface area contributed by atoms with Crippen molar-refractivity contribution in [2.45, 2.75) is 6.92 Å². The van der Waals surface area contributed by atoms with Crippen LogP contribution in [0.2, 0.25) is 0 Å². The van der Waals surface area contributed by atoms with Crippen molar-refractivity contribution in [2.75, 3.05) is 17.1 Å². The number of benzene rings is 1. The molecule has 0 amide bonds. The molecule has 0 aliphatic heterocycles.